The van der Waals surface area contributed by atoms with E-state index >= 15 is 0 Å². The second kappa shape index (κ2) is 11.9. The number of halogens is 7. The number of rotatable bonds is 4. The molecule has 0 radical (unpaired) electrons. The van der Waals surface area contributed by atoms with Crippen LogP contribution < -0.4 is 16.0 Å². The second-order valence-corrected chi connectivity index (χ2v) is 8.64. The zero-order valence-electron chi connectivity index (χ0n) is 18.7. The highest BCUT2D eigenvalue weighted by Gasteiger charge is 2.61. The maximum absolute atomic E-state index is 14.2. The Morgan fingerprint density at radius 3 is 2.23 bits per heavy atom. The molecule has 0 unspecified atom stereocenters. The molecule has 4 N–H and O–H groups in total. The monoisotopic (exact) mass is 512 g/mol. The van der Waals surface area contributed by atoms with Crippen molar-refractivity contribution in [3.8, 4) is 6.07 Å². The standard InChI is InChI=1S/C18H25FN4.C4H2F6O2/c19-15-10-13(11-20)7-8-18(15)23-9-3-4-14(12-23)22-17-6-2-1-5-16(17)21;5-3(6,7)1(2(11)12)4(8,9)10/h7-8,10,14,16-17,22H,1-6,9,12,21H2;1H,(H,11,12)/t14-,16+,17+;/m0./s1. The van der Waals surface area contributed by atoms with E-state index in [1.807, 2.05) is 6.07 Å². The predicted molar refractivity (Wildman–Crippen MR) is 113 cm³/mol. The number of carbonyl (C=O) groups is 1. The molecule has 2 aliphatic rings. The molecule has 1 aromatic rings. The number of hydrogen-bond acceptors (Lipinski definition) is 5. The SMILES string of the molecule is N#Cc1ccc(N2CCC[C@H](N[C@@H]3CCCC[C@H]3N)C2)c(F)c1.O=C(O)C(C(F)(F)F)C(F)(F)F. The van der Waals surface area contributed by atoms with Gasteiger partial charge in [-0.05, 0) is 43.9 Å². The molecule has 3 rings (SSSR count). The van der Waals surface area contributed by atoms with Crippen LogP contribution in [0.25, 0.3) is 0 Å². The second-order valence-electron chi connectivity index (χ2n) is 8.64. The minimum atomic E-state index is -5.80. The highest BCUT2D eigenvalue weighted by molar-refractivity contribution is 5.71. The number of nitrogens with one attached hydrogen (secondary N) is 1. The van der Waals surface area contributed by atoms with Crippen LogP contribution in [0.15, 0.2) is 18.2 Å². The van der Waals surface area contributed by atoms with Crippen molar-refractivity contribution >= 4 is 11.7 Å². The summed E-state index contributed by atoms with van der Waals surface area (Å²) in [6.45, 7) is 1.66. The lowest BCUT2D eigenvalue weighted by molar-refractivity contribution is -0.280. The highest BCUT2D eigenvalue weighted by Crippen LogP contribution is 2.39. The van der Waals surface area contributed by atoms with Crippen molar-refractivity contribution in [3.63, 3.8) is 0 Å². The first-order valence-electron chi connectivity index (χ1n) is 11.1. The quantitative estimate of drug-likeness (QED) is 0.519. The molecule has 13 heteroatoms. The molecule has 196 valence electrons. The van der Waals surface area contributed by atoms with E-state index in [0.717, 1.165) is 38.8 Å². The number of nitriles is 1. The first-order valence-corrected chi connectivity index (χ1v) is 11.1. The number of anilines is 1. The highest BCUT2D eigenvalue weighted by atomic mass is 19.4. The molecule has 0 bridgehead atoms. The molecule has 1 heterocycles. The minimum absolute atomic E-state index is 0.241. The first-order chi connectivity index (χ1) is 16.2. The van der Waals surface area contributed by atoms with Gasteiger partial charge < -0.3 is 21.1 Å². The van der Waals surface area contributed by atoms with Gasteiger partial charge in [-0.2, -0.15) is 31.6 Å². The van der Waals surface area contributed by atoms with Crippen LogP contribution in [0.3, 0.4) is 0 Å². The molecule has 0 spiro atoms. The molecular formula is C22H27F7N4O2. The summed E-state index contributed by atoms with van der Waals surface area (Å²) in [6, 6.07) is 7.70. The lowest BCUT2D eigenvalue weighted by Gasteiger charge is -2.39. The van der Waals surface area contributed by atoms with Crippen molar-refractivity contribution in [3.05, 3.63) is 29.6 Å². The largest absolute Gasteiger partial charge is 0.481 e. The number of nitrogens with zero attached hydrogens (tertiary/aromatic N) is 2. The number of carboxylic acids is 1. The van der Waals surface area contributed by atoms with Gasteiger partial charge in [0.05, 0.1) is 17.3 Å². The Labute approximate surface area is 197 Å². The molecule has 1 aliphatic heterocycles. The van der Waals surface area contributed by atoms with Crippen LogP contribution in [0.1, 0.15) is 44.1 Å². The number of aliphatic carboxylic acids is 1. The topological polar surface area (TPSA) is 102 Å². The van der Waals surface area contributed by atoms with E-state index in [-0.39, 0.29) is 11.9 Å². The number of carboxylic acid groups (broad SMARTS) is 1. The van der Waals surface area contributed by atoms with E-state index in [0.29, 0.717) is 23.3 Å². The number of piperidine rings is 1. The third-order valence-corrected chi connectivity index (χ3v) is 6.01. The van der Waals surface area contributed by atoms with E-state index in [9.17, 15) is 35.5 Å². The fourth-order valence-electron chi connectivity index (χ4n) is 4.30. The van der Waals surface area contributed by atoms with Crippen LogP contribution >= 0.6 is 0 Å². The smallest absolute Gasteiger partial charge is 0.411 e. The zero-order chi connectivity index (χ0) is 26.4. The molecule has 3 atom stereocenters. The van der Waals surface area contributed by atoms with Crippen LogP contribution in [0.5, 0.6) is 0 Å². The normalized spacial score (nSPS) is 23.3. The molecule has 0 amide bonds. The summed E-state index contributed by atoms with van der Waals surface area (Å²) in [6.07, 6.45) is -4.75. The van der Waals surface area contributed by atoms with Gasteiger partial charge in [-0.1, -0.05) is 12.8 Å². The van der Waals surface area contributed by atoms with Crippen LogP contribution in [-0.4, -0.2) is 54.6 Å². The minimum Gasteiger partial charge on any atom is -0.481 e. The molecule has 0 aromatic heterocycles. The molecule has 35 heavy (non-hydrogen) atoms. The Hall–Kier alpha value is -2.59. The van der Waals surface area contributed by atoms with Crippen LogP contribution in [0.2, 0.25) is 0 Å². The number of alkyl halides is 6. The predicted octanol–water partition coefficient (Wildman–Crippen LogP) is 4.34. The Kier molecular flexibility index (Phi) is 9.74. The number of hydrogen-bond donors (Lipinski definition) is 3. The average Bonchev–Trinajstić information content (AvgIpc) is 2.73. The third kappa shape index (κ3) is 8.24. The maximum Gasteiger partial charge on any atom is 0.411 e. The fourth-order valence-corrected chi connectivity index (χ4v) is 4.30. The van der Waals surface area contributed by atoms with Crippen LogP contribution in [-0.2, 0) is 4.79 Å². The molecule has 1 saturated carbocycles. The average molecular weight is 512 g/mol. The number of benzene rings is 1. The Bertz CT molecular complexity index is 887. The van der Waals surface area contributed by atoms with Crippen molar-refractivity contribution in [1.29, 1.82) is 5.26 Å². The zero-order valence-corrected chi connectivity index (χ0v) is 18.7. The van der Waals surface area contributed by atoms with Gasteiger partial charge in [0.1, 0.15) is 5.82 Å². The lowest BCUT2D eigenvalue weighted by Crippen LogP contribution is -2.55. The first kappa shape index (κ1) is 28.6. The van der Waals surface area contributed by atoms with Crippen LogP contribution in [0.4, 0.5) is 36.4 Å². The van der Waals surface area contributed by atoms with Gasteiger partial charge >= 0.3 is 18.3 Å². The molecule has 6 nitrogen and oxygen atoms in total. The van der Waals surface area contributed by atoms with Crippen LogP contribution in [0, 0.1) is 23.1 Å². The summed E-state index contributed by atoms with van der Waals surface area (Å²) in [5.74, 6) is -7.56. The molecule has 1 saturated heterocycles. The summed E-state index contributed by atoms with van der Waals surface area (Å²) in [7, 11) is 0. The van der Waals surface area contributed by atoms with Crippen molar-refractivity contribution in [2.24, 2.45) is 11.7 Å². The van der Waals surface area contributed by atoms with Crippen molar-refractivity contribution in [2.45, 2.75) is 69.0 Å². The summed E-state index contributed by atoms with van der Waals surface area (Å²) in [5.41, 5.74) is 7.20. The Morgan fingerprint density at radius 2 is 1.74 bits per heavy atom. The van der Waals surface area contributed by atoms with Gasteiger partial charge in [0, 0.05) is 31.2 Å². The van der Waals surface area contributed by atoms with E-state index < -0.39 is 24.2 Å². The Balaban J connectivity index is 0.000000307. The lowest BCUT2D eigenvalue weighted by atomic mass is 9.89. The van der Waals surface area contributed by atoms with Gasteiger partial charge in [-0.25, -0.2) is 4.39 Å². The van der Waals surface area contributed by atoms with E-state index in [2.05, 4.69) is 10.2 Å². The van der Waals surface area contributed by atoms with Gasteiger partial charge in [-0.3, -0.25) is 4.79 Å². The molecule has 1 aliphatic carbocycles. The van der Waals surface area contributed by atoms with Gasteiger partial charge in [0.15, 0.2) is 0 Å². The molecule has 1 aromatic carbocycles. The van der Waals surface area contributed by atoms with Gasteiger partial charge in [-0.15, -0.1) is 0 Å². The van der Waals surface area contributed by atoms with Crippen molar-refractivity contribution < 1.29 is 40.6 Å². The summed E-state index contributed by atoms with van der Waals surface area (Å²) in [4.78, 5) is 11.6. The summed E-state index contributed by atoms with van der Waals surface area (Å²) >= 11 is 0. The van der Waals surface area contributed by atoms with E-state index in [1.54, 1.807) is 12.1 Å². The Morgan fingerprint density at radius 1 is 1.11 bits per heavy atom. The third-order valence-electron chi connectivity index (χ3n) is 6.01. The summed E-state index contributed by atoms with van der Waals surface area (Å²) < 4.78 is 82.4. The van der Waals surface area contributed by atoms with Crippen molar-refractivity contribution in [2.75, 3.05) is 18.0 Å². The fraction of sp³-hybridized carbons (Fsp3) is 0.636. The van der Waals surface area contributed by atoms with E-state index in [4.69, 9.17) is 16.1 Å². The van der Waals surface area contributed by atoms with Crippen molar-refractivity contribution in [1.82, 2.24) is 5.32 Å². The molecular weight excluding hydrogens is 485 g/mol. The number of nitrogens with two attached hydrogens (primary N) is 1. The van der Waals surface area contributed by atoms with Gasteiger partial charge in [0.25, 0.3) is 0 Å². The van der Waals surface area contributed by atoms with E-state index in [1.165, 1.54) is 18.9 Å². The summed E-state index contributed by atoms with van der Waals surface area (Å²) in [5, 5.41) is 20.2. The molecule has 2 fully saturated rings. The maximum atomic E-state index is 14.2. The van der Waals surface area contributed by atoms with Gasteiger partial charge in [0.2, 0.25) is 5.92 Å².